The molecule has 0 saturated heterocycles. The molecule has 0 spiro atoms. The third-order valence-corrected chi connectivity index (χ3v) is 8.50. The molecule has 6 heterocycles. The number of pyridine rings is 4. The van der Waals surface area contributed by atoms with Crippen molar-refractivity contribution in [3.05, 3.63) is 139 Å². The largest absolute Gasteiger partial charge is 0.345 e. The molecular weight excluding hydrogens is 755 g/mol. The third-order valence-electron chi connectivity index (χ3n) is 8.50. The van der Waals surface area contributed by atoms with Gasteiger partial charge in [0, 0.05) is 73.8 Å². The van der Waals surface area contributed by atoms with Crippen molar-refractivity contribution in [2.45, 2.75) is 20.6 Å². The van der Waals surface area contributed by atoms with Crippen LogP contribution in [-0.4, -0.2) is 24.3 Å². The summed E-state index contributed by atoms with van der Waals surface area (Å²) in [6, 6.07) is 32.8. The molecule has 47 heavy (non-hydrogen) atoms. The summed E-state index contributed by atoms with van der Waals surface area (Å²) in [6.45, 7) is -7.47. The average Bonchev–Trinajstić information content (AvgIpc) is 3.69. The van der Waals surface area contributed by atoms with Gasteiger partial charge in [0.05, 0.1) is 11.0 Å². The summed E-state index contributed by atoms with van der Waals surface area (Å²) in [5, 5.41) is 7.92. The minimum absolute atomic E-state index is 0. The SMILES string of the molecule is [2H]C([2H])([2H])c1c[c-]c(-c2cc(C([2H])([2H])[2H])c(C([2H])([2H])[2H])cn2)cc1.[Ir].[c-]1c2c3ncccc3c3ccccc3c2c2c3ncccc3n3c4cccnc4c1c23. The van der Waals surface area contributed by atoms with Gasteiger partial charge in [-0.2, -0.15) is 0 Å². The first-order valence-corrected chi connectivity index (χ1v) is 14.6. The van der Waals surface area contributed by atoms with Crippen LogP contribution >= 0.6 is 0 Å². The molecule has 0 bridgehead atoms. The Morgan fingerprint density at radius 1 is 0.638 bits per heavy atom. The number of hydrogen-bond donors (Lipinski definition) is 0. The van der Waals surface area contributed by atoms with Crippen LogP contribution in [0.4, 0.5) is 0 Å². The Hall–Kier alpha value is -5.29. The Morgan fingerprint density at radius 3 is 2.13 bits per heavy atom. The third kappa shape index (κ3) is 4.40. The first-order chi connectivity index (χ1) is 26.2. The second kappa shape index (κ2) is 11.2. The number of benzene rings is 4. The molecule has 0 aliphatic carbocycles. The van der Waals surface area contributed by atoms with Gasteiger partial charge in [0.2, 0.25) is 0 Å². The van der Waals surface area contributed by atoms with E-state index in [1.807, 2.05) is 36.8 Å². The second-order valence-corrected chi connectivity index (χ2v) is 11.1. The molecule has 227 valence electrons. The monoisotopic (exact) mass is 791 g/mol. The van der Waals surface area contributed by atoms with E-state index in [1.54, 1.807) is 0 Å². The molecule has 0 atom stereocenters. The maximum atomic E-state index is 7.54. The summed E-state index contributed by atoms with van der Waals surface area (Å²) < 4.78 is 69.2. The molecule has 1 radical (unpaired) electrons. The van der Waals surface area contributed by atoms with Gasteiger partial charge in [-0.3, -0.25) is 15.0 Å². The molecular formula is C41H27IrN5-2. The van der Waals surface area contributed by atoms with Gasteiger partial charge in [-0.25, -0.2) is 0 Å². The van der Waals surface area contributed by atoms with Crippen LogP contribution in [0, 0.1) is 32.7 Å². The van der Waals surface area contributed by atoms with Gasteiger partial charge in [0.1, 0.15) is 0 Å². The number of hydrogen-bond acceptors (Lipinski definition) is 4. The van der Waals surface area contributed by atoms with Crippen molar-refractivity contribution in [2.24, 2.45) is 0 Å². The van der Waals surface area contributed by atoms with Gasteiger partial charge in [-0.15, -0.1) is 41.5 Å². The van der Waals surface area contributed by atoms with E-state index >= 15 is 0 Å². The summed E-state index contributed by atoms with van der Waals surface area (Å²) >= 11 is 0. The summed E-state index contributed by atoms with van der Waals surface area (Å²) in [7, 11) is 0. The van der Waals surface area contributed by atoms with Crippen molar-refractivity contribution in [1.29, 1.82) is 0 Å². The maximum Gasteiger partial charge on any atom is 0.0814 e. The van der Waals surface area contributed by atoms with Gasteiger partial charge in [0.25, 0.3) is 0 Å². The Labute approximate surface area is 297 Å². The van der Waals surface area contributed by atoms with Crippen LogP contribution in [0.1, 0.15) is 29.0 Å². The van der Waals surface area contributed by atoms with Gasteiger partial charge >= 0.3 is 0 Å². The van der Waals surface area contributed by atoms with E-state index in [-0.39, 0.29) is 42.5 Å². The van der Waals surface area contributed by atoms with Crippen LogP contribution in [-0.2, 0) is 20.1 Å². The van der Waals surface area contributed by atoms with Gasteiger partial charge in [-0.05, 0) is 82.4 Å². The van der Waals surface area contributed by atoms with Crippen LogP contribution in [0.15, 0.2) is 110 Å². The normalized spacial score (nSPS) is 15.2. The molecule has 10 aromatic rings. The molecule has 0 fully saturated rings. The molecule has 10 rings (SSSR count). The molecule has 0 amide bonds. The zero-order chi connectivity index (χ0) is 38.4. The van der Waals surface area contributed by atoms with E-state index in [9.17, 15) is 0 Å². The second-order valence-electron chi connectivity index (χ2n) is 11.1. The fourth-order valence-electron chi connectivity index (χ4n) is 6.54. The van der Waals surface area contributed by atoms with Crippen LogP contribution in [0.3, 0.4) is 0 Å². The van der Waals surface area contributed by atoms with E-state index in [0.717, 1.165) is 66.2 Å². The number of nitrogens with zero attached hydrogens (tertiary/aromatic N) is 5. The van der Waals surface area contributed by atoms with E-state index < -0.39 is 20.6 Å². The van der Waals surface area contributed by atoms with Crippen molar-refractivity contribution in [2.75, 3.05) is 0 Å². The standard InChI is InChI=1S/C27H13N4.C14H14N.Ir/c1-2-7-16-15(6-1)17-8-3-11-28-24(17)18-14-19-25-20(9-4-12-29-25)31-21-10-5-13-30-26(21)23(22(16)18)27(19)31;1-10-4-6-13(7-5-10)14-8-11(2)12(3)9-15-14;/h1-13H;4-6,8-9H,1-3H3;/q2*-1;/i;1D3,2D3,3D3;. The van der Waals surface area contributed by atoms with Gasteiger partial charge in [-0.1, -0.05) is 65.0 Å². The maximum absolute atomic E-state index is 7.54. The zero-order valence-corrected chi connectivity index (χ0v) is 26.9. The minimum atomic E-state index is -2.61. The first kappa shape index (κ1) is 20.8. The molecule has 0 unspecified atom stereocenters. The van der Waals surface area contributed by atoms with Crippen molar-refractivity contribution in [3.63, 3.8) is 0 Å². The first-order valence-electron chi connectivity index (χ1n) is 19.1. The number of fused-ring (bicyclic) bond motifs is 13. The molecule has 6 aromatic heterocycles. The van der Waals surface area contributed by atoms with Crippen LogP contribution in [0.2, 0.25) is 0 Å². The van der Waals surface area contributed by atoms with Crippen LogP contribution in [0.5, 0.6) is 0 Å². The predicted molar refractivity (Wildman–Crippen MR) is 189 cm³/mol. The molecule has 6 heteroatoms. The fourth-order valence-corrected chi connectivity index (χ4v) is 6.54. The summed E-state index contributed by atoms with van der Waals surface area (Å²) in [6.07, 6.45) is 6.62. The van der Waals surface area contributed by atoms with Gasteiger partial charge in [0.15, 0.2) is 0 Å². The number of aromatic nitrogens is 5. The molecule has 0 aliphatic heterocycles. The Kier molecular flexibility index (Phi) is 4.95. The van der Waals surface area contributed by atoms with E-state index in [4.69, 9.17) is 27.3 Å². The Bertz CT molecular complexity index is 3120. The fraction of sp³-hybridized carbons (Fsp3) is 0.0732. The van der Waals surface area contributed by atoms with Crippen LogP contribution in [0.25, 0.3) is 82.1 Å². The Morgan fingerprint density at radius 2 is 1.36 bits per heavy atom. The van der Waals surface area contributed by atoms with E-state index in [2.05, 4.69) is 64.0 Å². The zero-order valence-electron chi connectivity index (χ0n) is 33.5. The topological polar surface area (TPSA) is 56.0 Å². The number of aryl methyl sites for hydroxylation is 3. The van der Waals surface area contributed by atoms with E-state index in [0.29, 0.717) is 5.56 Å². The quantitative estimate of drug-likeness (QED) is 0.123. The average molecular weight is 791 g/mol. The minimum Gasteiger partial charge on any atom is -0.345 e. The molecule has 5 nitrogen and oxygen atoms in total. The van der Waals surface area contributed by atoms with Crippen LogP contribution < -0.4 is 0 Å². The van der Waals surface area contributed by atoms with Crippen molar-refractivity contribution in [3.8, 4) is 11.3 Å². The number of rotatable bonds is 1. The smallest absolute Gasteiger partial charge is 0.0814 e. The predicted octanol–water partition coefficient (Wildman–Crippen LogP) is 9.75. The summed E-state index contributed by atoms with van der Waals surface area (Å²) in [5.41, 5.74) is 6.31. The van der Waals surface area contributed by atoms with Crippen molar-refractivity contribution >= 4 is 70.8 Å². The molecule has 0 saturated carbocycles. The molecule has 0 N–H and O–H groups in total. The summed E-state index contributed by atoms with van der Waals surface area (Å²) in [4.78, 5) is 18.4. The van der Waals surface area contributed by atoms with Crippen molar-refractivity contribution < 1.29 is 32.4 Å². The molecule has 0 aliphatic rings. The van der Waals surface area contributed by atoms with E-state index in [1.165, 1.54) is 35.0 Å². The van der Waals surface area contributed by atoms with Gasteiger partial charge < -0.3 is 9.38 Å². The summed E-state index contributed by atoms with van der Waals surface area (Å²) in [5.74, 6) is 0. The van der Waals surface area contributed by atoms with Crippen molar-refractivity contribution in [1.82, 2.24) is 24.3 Å². The Balaban J connectivity index is 0.000000161. The molecule has 4 aromatic carbocycles.